The molecule has 0 bridgehead atoms. The Morgan fingerprint density at radius 1 is 1.17 bits per heavy atom. The predicted octanol–water partition coefficient (Wildman–Crippen LogP) is 3.03. The van der Waals surface area contributed by atoms with Gasteiger partial charge in [-0.1, -0.05) is 13.0 Å². The van der Waals surface area contributed by atoms with Crippen molar-refractivity contribution in [1.82, 2.24) is 9.97 Å². The Balaban J connectivity index is 2.30. The predicted molar refractivity (Wildman–Crippen MR) is 71.8 cm³/mol. The molecule has 94 valence electrons. The summed E-state index contributed by atoms with van der Waals surface area (Å²) in [5.41, 5.74) is 8.59. The van der Waals surface area contributed by atoms with Gasteiger partial charge in [0.1, 0.15) is 5.82 Å². The molecule has 0 unspecified atom stereocenters. The lowest BCUT2D eigenvalue weighted by molar-refractivity contribution is 0.460. The van der Waals surface area contributed by atoms with E-state index in [9.17, 15) is 0 Å². The monoisotopic (exact) mass is 243 g/mol. The maximum atomic E-state index is 5.91. The Morgan fingerprint density at radius 3 is 2.61 bits per heavy atom. The number of nitrogens with two attached hydrogens (primary N) is 1. The quantitative estimate of drug-likeness (QED) is 0.842. The lowest BCUT2D eigenvalue weighted by Gasteiger charge is -2.09. The molecule has 2 aromatic rings. The fourth-order valence-corrected chi connectivity index (χ4v) is 1.71. The number of hydrogen-bond donors (Lipinski definition) is 1. The summed E-state index contributed by atoms with van der Waals surface area (Å²) in [5.74, 6) is 1.87. The van der Waals surface area contributed by atoms with Crippen molar-refractivity contribution >= 4 is 5.69 Å². The zero-order chi connectivity index (χ0) is 13.1. The Hall–Kier alpha value is -2.10. The van der Waals surface area contributed by atoms with Gasteiger partial charge in [-0.25, -0.2) is 4.98 Å². The number of aromatic nitrogens is 2. The molecular formula is C14H17N3O. The van der Waals surface area contributed by atoms with Gasteiger partial charge in [0.2, 0.25) is 5.88 Å². The molecule has 2 N–H and O–H groups in total. The van der Waals surface area contributed by atoms with Crippen LogP contribution in [0.15, 0.2) is 24.3 Å². The summed E-state index contributed by atoms with van der Waals surface area (Å²) in [5, 5.41) is 0. The van der Waals surface area contributed by atoms with E-state index in [4.69, 9.17) is 10.5 Å². The Bertz CT molecular complexity index is 567. The fourth-order valence-electron chi connectivity index (χ4n) is 1.71. The summed E-state index contributed by atoms with van der Waals surface area (Å²) in [6, 6.07) is 7.53. The minimum atomic E-state index is 0.537. The van der Waals surface area contributed by atoms with E-state index < -0.39 is 0 Å². The smallest absolute Gasteiger partial charge is 0.222 e. The van der Waals surface area contributed by atoms with Crippen molar-refractivity contribution in [2.24, 2.45) is 0 Å². The van der Waals surface area contributed by atoms with Crippen molar-refractivity contribution in [3.8, 4) is 11.6 Å². The Morgan fingerprint density at radius 2 is 1.94 bits per heavy atom. The summed E-state index contributed by atoms with van der Waals surface area (Å²) in [4.78, 5) is 8.56. The molecule has 1 heterocycles. The van der Waals surface area contributed by atoms with Crippen LogP contribution in [0.25, 0.3) is 0 Å². The Kier molecular flexibility index (Phi) is 3.46. The SMILES string of the molecule is CCc1cc(Oc2ccc(C)cc2N)nc(C)n1. The number of anilines is 1. The molecule has 0 fully saturated rings. The van der Waals surface area contributed by atoms with Crippen LogP contribution in [0.2, 0.25) is 0 Å². The molecule has 0 spiro atoms. The molecule has 0 amide bonds. The number of ether oxygens (including phenoxy) is 1. The molecule has 0 atom stereocenters. The third kappa shape index (κ3) is 2.77. The van der Waals surface area contributed by atoms with Crippen molar-refractivity contribution in [3.63, 3.8) is 0 Å². The first-order valence-corrected chi connectivity index (χ1v) is 5.97. The van der Waals surface area contributed by atoms with Crippen molar-refractivity contribution < 1.29 is 4.74 Å². The number of nitrogens with zero attached hydrogens (tertiary/aromatic N) is 2. The molecule has 18 heavy (non-hydrogen) atoms. The molecule has 0 aliphatic heterocycles. The van der Waals surface area contributed by atoms with E-state index in [1.54, 1.807) is 0 Å². The molecule has 0 radical (unpaired) electrons. The summed E-state index contributed by atoms with van der Waals surface area (Å²) in [7, 11) is 0. The van der Waals surface area contributed by atoms with Gasteiger partial charge in [0.05, 0.1) is 5.69 Å². The van der Waals surface area contributed by atoms with Gasteiger partial charge in [0.25, 0.3) is 0 Å². The highest BCUT2D eigenvalue weighted by Crippen LogP contribution is 2.27. The summed E-state index contributed by atoms with van der Waals surface area (Å²) >= 11 is 0. The van der Waals surface area contributed by atoms with Gasteiger partial charge in [0, 0.05) is 11.8 Å². The van der Waals surface area contributed by atoms with Gasteiger partial charge in [-0.15, -0.1) is 0 Å². The highest BCUT2D eigenvalue weighted by atomic mass is 16.5. The second-order valence-corrected chi connectivity index (χ2v) is 4.24. The average molecular weight is 243 g/mol. The van der Waals surface area contributed by atoms with Crippen molar-refractivity contribution in [3.05, 3.63) is 41.3 Å². The second-order valence-electron chi connectivity index (χ2n) is 4.24. The van der Waals surface area contributed by atoms with E-state index in [0.29, 0.717) is 23.1 Å². The van der Waals surface area contributed by atoms with Crippen LogP contribution in [-0.4, -0.2) is 9.97 Å². The number of hydrogen-bond acceptors (Lipinski definition) is 4. The molecule has 0 aliphatic carbocycles. The molecular weight excluding hydrogens is 226 g/mol. The highest BCUT2D eigenvalue weighted by molar-refractivity contribution is 5.55. The fraction of sp³-hybridized carbons (Fsp3) is 0.286. The topological polar surface area (TPSA) is 61.0 Å². The van der Waals surface area contributed by atoms with Crippen LogP contribution in [0.1, 0.15) is 24.0 Å². The van der Waals surface area contributed by atoms with Gasteiger partial charge < -0.3 is 10.5 Å². The zero-order valence-corrected chi connectivity index (χ0v) is 10.9. The second kappa shape index (κ2) is 5.04. The van der Waals surface area contributed by atoms with Crippen molar-refractivity contribution in [1.29, 1.82) is 0 Å². The van der Waals surface area contributed by atoms with E-state index in [2.05, 4.69) is 9.97 Å². The van der Waals surface area contributed by atoms with Crippen LogP contribution in [-0.2, 0) is 6.42 Å². The highest BCUT2D eigenvalue weighted by Gasteiger charge is 2.06. The maximum Gasteiger partial charge on any atom is 0.222 e. The standard InChI is InChI=1S/C14H17N3O/c1-4-11-8-14(17-10(3)16-11)18-13-6-5-9(2)7-12(13)15/h5-8H,4,15H2,1-3H3. The maximum absolute atomic E-state index is 5.91. The average Bonchev–Trinajstić information content (AvgIpc) is 2.32. The van der Waals surface area contributed by atoms with Crippen LogP contribution >= 0.6 is 0 Å². The number of nitrogen functional groups attached to an aromatic ring is 1. The minimum absolute atomic E-state index is 0.537. The van der Waals surface area contributed by atoms with Gasteiger partial charge in [-0.05, 0) is 38.0 Å². The van der Waals surface area contributed by atoms with E-state index >= 15 is 0 Å². The number of benzene rings is 1. The lowest BCUT2D eigenvalue weighted by atomic mass is 10.2. The lowest BCUT2D eigenvalue weighted by Crippen LogP contribution is -1.99. The van der Waals surface area contributed by atoms with E-state index in [1.165, 1.54) is 0 Å². The van der Waals surface area contributed by atoms with Crippen molar-refractivity contribution in [2.75, 3.05) is 5.73 Å². The van der Waals surface area contributed by atoms with Gasteiger partial charge >= 0.3 is 0 Å². The molecule has 0 saturated heterocycles. The molecule has 1 aromatic heterocycles. The van der Waals surface area contributed by atoms with Crippen molar-refractivity contribution in [2.45, 2.75) is 27.2 Å². The third-order valence-electron chi connectivity index (χ3n) is 2.61. The van der Waals surface area contributed by atoms with E-state index in [0.717, 1.165) is 17.7 Å². The van der Waals surface area contributed by atoms with Crippen LogP contribution < -0.4 is 10.5 Å². The van der Waals surface area contributed by atoms with Crippen LogP contribution in [0, 0.1) is 13.8 Å². The first kappa shape index (κ1) is 12.4. The molecule has 4 nitrogen and oxygen atoms in total. The minimum Gasteiger partial charge on any atom is -0.437 e. The normalized spacial score (nSPS) is 10.4. The molecule has 0 aliphatic rings. The number of rotatable bonds is 3. The molecule has 4 heteroatoms. The van der Waals surface area contributed by atoms with Crippen LogP contribution in [0.4, 0.5) is 5.69 Å². The summed E-state index contributed by atoms with van der Waals surface area (Å²) in [6.07, 6.45) is 0.850. The van der Waals surface area contributed by atoms with E-state index in [-0.39, 0.29) is 0 Å². The van der Waals surface area contributed by atoms with E-state index in [1.807, 2.05) is 45.0 Å². The Labute approximate surface area is 107 Å². The molecule has 2 rings (SSSR count). The van der Waals surface area contributed by atoms with Gasteiger partial charge in [0.15, 0.2) is 5.75 Å². The number of aryl methyl sites for hydroxylation is 3. The van der Waals surface area contributed by atoms with Gasteiger partial charge in [-0.2, -0.15) is 4.98 Å². The summed E-state index contributed by atoms with van der Waals surface area (Å²) in [6.45, 7) is 5.89. The van der Waals surface area contributed by atoms with Crippen LogP contribution in [0.5, 0.6) is 11.6 Å². The summed E-state index contributed by atoms with van der Waals surface area (Å²) < 4.78 is 5.71. The van der Waals surface area contributed by atoms with Crippen LogP contribution in [0.3, 0.4) is 0 Å². The zero-order valence-electron chi connectivity index (χ0n) is 10.9. The largest absolute Gasteiger partial charge is 0.437 e. The molecule has 0 saturated carbocycles. The first-order valence-electron chi connectivity index (χ1n) is 5.97. The van der Waals surface area contributed by atoms with Gasteiger partial charge in [-0.3, -0.25) is 0 Å². The molecule has 1 aromatic carbocycles. The first-order chi connectivity index (χ1) is 8.58. The third-order valence-corrected chi connectivity index (χ3v) is 2.61.